The lowest BCUT2D eigenvalue weighted by Gasteiger charge is -2.14. The van der Waals surface area contributed by atoms with Gasteiger partial charge < -0.3 is 4.57 Å². The molecule has 4 nitrogen and oxygen atoms in total. The molecule has 2 aromatic rings. The summed E-state index contributed by atoms with van der Waals surface area (Å²) in [5.74, 6) is 5.59. The minimum atomic E-state index is 0.0243. The second-order valence-corrected chi connectivity index (χ2v) is 4.80. The number of hydrazine groups is 1. The standard InChI is InChI=1S/C10H14N4S/c1-7-3-4-9(15-7)10(13-11)8-5-12-6-14(8)2/h3-6,10,13H,11H2,1-2H3. The highest BCUT2D eigenvalue weighted by Crippen LogP contribution is 2.26. The zero-order chi connectivity index (χ0) is 10.8. The highest BCUT2D eigenvalue weighted by atomic mass is 32.1. The van der Waals surface area contributed by atoms with Crippen molar-refractivity contribution < 1.29 is 0 Å². The molecule has 2 heterocycles. The van der Waals surface area contributed by atoms with E-state index >= 15 is 0 Å². The van der Waals surface area contributed by atoms with Crippen molar-refractivity contribution in [2.75, 3.05) is 0 Å². The second-order valence-electron chi connectivity index (χ2n) is 3.48. The Kier molecular flexibility index (Phi) is 2.86. The lowest BCUT2D eigenvalue weighted by atomic mass is 10.2. The maximum absolute atomic E-state index is 5.59. The van der Waals surface area contributed by atoms with Crippen LogP contribution in [-0.4, -0.2) is 9.55 Å². The fourth-order valence-corrected chi connectivity index (χ4v) is 2.52. The van der Waals surface area contributed by atoms with Gasteiger partial charge in [-0.05, 0) is 19.1 Å². The van der Waals surface area contributed by atoms with E-state index in [4.69, 9.17) is 5.84 Å². The van der Waals surface area contributed by atoms with Gasteiger partial charge in [-0.3, -0.25) is 5.84 Å². The highest BCUT2D eigenvalue weighted by Gasteiger charge is 2.16. The molecule has 0 aliphatic heterocycles. The molecular formula is C10H14N4S. The van der Waals surface area contributed by atoms with Crippen molar-refractivity contribution in [2.24, 2.45) is 12.9 Å². The van der Waals surface area contributed by atoms with Gasteiger partial charge in [-0.25, -0.2) is 10.4 Å². The number of nitrogens with two attached hydrogens (primary N) is 1. The topological polar surface area (TPSA) is 55.9 Å². The Balaban J connectivity index is 2.36. The molecule has 0 aliphatic carbocycles. The summed E-state index contributed by atoms with van der Waals surface area (Å²) < 4.78 is 1.97. The number of rotatable bonds is 3. The van der Waals surface area contributed by atoms with Crippen molar-refractivity contribution in [2.45, 2.75) is 13.0 Å². The number of nitrogens with one attached hydrogen (secondary N) is 1. The Morgan fingerprint density at radius 3 is 2.80 bits per heavy atom. The third-order valence-electron chi connectivity index (χ3n) is 2.36. The van der Waals surface area contributed by atoms with E-state index in [1.807, 2.05) is 17.8 Å². The van der Waals surface area contributed by atoms with E-state index in [-0.39, 0.29) is 6.04 Å². The van der Waals surface area contributed by atoms with Gasteiger partial charge in [0.1, 0.15) is 0 Å². The molecule has 0 saturated heterocycles. The summed E-state index contributed by atoms with van der Waals surface area (Å²) in [4.78, 5) is 6.59. The quantitative estimate of drug-likeness (QED) is 0.608. The average Bonchev–Trinajstić information content (AvgIpc) is 2.79. The summed E-state index contributed by atoms with van der Waals surface area (Å²) in [7, 11) is 1.97. The van der Waals surface area contributed by atoms with Crippen LogP contribution >= 0.6 is 11.3 Å². The maximum atomic E-state index is 5.59. The van der Waals surface area contributed by atoms with E-state index in [0.29, 0.717) is 0 Å². The molecule has 0 spiro atoms. The van der Waals surface area contributed by atoms with Crippen LogP contribution in [0, 0.1) is 6.92 Å². The van der Waals surface area contributed by atoms with Crippen LogP contribution in [0.3, 0.4) is 0 Å². The maximum Gasteiger partial charge on any atom is 0.0969 e. The molecule has 5 heteroatoms. The summed E-state index contributed by atoms with van der Waals surface area (Å²) in [5, 5.41) is 0. The Hall–Kier alpha value is -1.17. The minimum absolute atomic E-state index is 0.0243. The Morgan fingerprint density at radius 2 is 2.33 bits per heavy atom. The van der Waals surface area contributed by atoms with Crippen LogP contribution in [0.2, 0.25) is 0 Å². The highest BCUT2D eigenvalue weighted by molar-refractivity contribution is 7.12. The van der Waals surface area contributed by atoms with E-state index in [0.717, 1.165) is 5.69 Å². The van der Waals surface area contributed by atoms with Gasteiger partial charge in [-0.15, -0.1) is 11.3 Å². The molecule has 3 N–H and O–H groups in total. The van der Waals surface area contributed by atoms with Crippen LogP contribution < -0.4 is 11.3 Å². The van der Waals surface area contributed by atoms with Crippen LogP contribution in [0.25, 0.3) is 0 Å². The van der Waals surface area contributed by atoms with Gasteiger partial charge in [0.25, 0.3) is 0 Å². The first-order chi connectivity index (χ1) is 7.22. The van der Waals surface area contributed by atoms with Gasteiger partial charge in [0.2, 0.25) is 0 Å². The van der Waals surface area contributed by atoms with E-state index in [2.05, 4.69) is 29.5 Å². The van der Waals surface area contributed by atoms with Gasteiger partial charge >= 0.3 is 0 Å². The molecule has 80 valence electrons. The van der Waals surface area contributed by atoms with E-state index in [1.54, 1.807) is 17.7 Å². The van der Waals surface area contributed by atoms with Crippen molar-refractivity contribution in [3.05, 3.63) is 40.1 Å². The SMILES string of the molecule is Cc1ccc(C(NN)c2cncn2C)s1. The van der Waals surface area contributed by atoms with Crippen LogP contribution in [0.4, 0.5) is 0 Å². The molecular weight excluding hydrogens is 208 g/mol. The van der Waals surface area contributed by atoms with Gasteiger partial charge in [0, 0.05) is 16.8 Å². The molecule has 2 aromatic heterocycles. The molecule has 0 aromatic carbocycles. The van der Waals surface area contributed by atoms with Crippen molar-refractivity contribution in [1.82, 2.24) is 15.0 Å². The van der Waals surface area contributed by atoms with Gasteiger partial charge in [-0.2, -0.15) is 0 Å². The first-order valence-corrected chi connectivity index (χ1v) is 5.52. The van der Waals surface area contributed by atoms with Crippen LogP contribution in [0.1, 0.15) is 21.5 Å². The average molecular weight is 222 g/mol. The number of aryl methyl sites for hydroxylation is 2. The number of aromatic nitrogens is 2. The summed E-state index contributed by atoms with van der Waals surface area (Å²) >= 11 is 1.74. The molecule has 15 heavy (non-hydrogen) atoms. The molecule has 0 bridgehead atoms. The normalized spacial score (nSPS) is 13.0. The zero-order valence-electron chi connectivity index (χ0n) is 8.77. The molecule has 0 amide bonds. The van der Waals surface area contributed by atoms with E-state index in [9.17, 15) is 0 Å². The van der Waals surface area contributed by atoms with E-state index < -0.39 is 0 Å². The van der Waals surface area contributed by atoms with Crippen molar-refractivity contribution in [1.29, 1.82) is 0 Å². The first-order valence-electron chi connectivity index (χ1n) is 4.71. The lowest BCUT2D eigenvalue weighted by Crippen LogP contribution is -2.29. The fourth-order valence-electron chi connectivity index (χ4n) is 1.57. The van der Waals surface area contributed by atoms with Crippen LogP contribution in [-0.2, 0) is 7.05 Å². The first kappa shape index (κ1) is 10.4. The summed E-state index contributed by atoms with van der Waals surface area (Å²) in [5.41, 5.74) is 3.89. The van der Waals surface area contributed by atoms with Gasteiger partial charge in [0.05, 0.1) is 24.3 Å². The molecule has 0 radical (unpaired) electrons. The molecule has 1 atom stereocenters. The Labute approximate surface area is 92.7 Å². The largest absolute Gasteiger partial charge is 0.336 e. The summed E-state index contributed by atoms with van der Waals surface area (Å²) in [6, 6.07) is 4.22. The summed E-state index contributed by atoms with van der Waals surface area (Å²) in [6.45, 7) is 2.09. The molecule has 1 unspecified atom stereocenters. The number of thiophene rings is 1. The molecule has 0 aliphatic rings. The third-order valence-corrected chi connectivity index (χ3v) is 3.43. The number of nitrogens with zero attached hydrogens (tertiary/aromatic N) is 2. The second kappa shape index (κ2) is 4.14. The Morgan fingerprint density at radius 1 is 1.53 bits per heavy atom. The fraction of sp³-hybridized carbons (Fsp3) is 0.300. The number of imidazole rings is 1. The monoisotopic (exact) mass is 222 g/mol. The predicted octanol–water partition coefficient (Wildman–Crippen LogP) is 1.34. The predicted molar refractivity (Wildman–Crippen MR) is 61.4 cm³/mol. The number of hydrogen-bond acceptors (Lipinski definition) is 4. The van der Waals surface area contributed by atoms with Crippen LogP contribution in [0.15, 0.2) is 24.7 Å². The minimum Gasteiger partial charge on any atom is -0.336 e. The van der Waals surface area contributed by atoms with Crippen molar-refractivity contribution in [3.8, 4) is 0 Å². The molecule has 0 fully saturated rings. The zero-order valence-corrected chi connectivity index (χ0v) is 9.58. The smallest absolute Gasteiger partial charge is 0.0969 e. The molecule has 2 rings (SSSR count). The Bertz CT molecular complexity index is 446. The molecule has 0 saturated carbocycles. The van der Waals surface area contributed by atoms with Gasteiger partial charge in [-0.1, -0.05) is 0 Å². The van der Waals surface area contributed by atoms with Crippen molar-refractivity contribution >= 4 is 11.3 Å². The van der Waals surface area contributed by atoms with E-state index in [1.165, 1.54) is 9.75 Å². The lowest BCUT2D eigenvalue weighted by molar-refractivity contribution is 0.605. The van der Waals surface area contributed by atoms with Crippen LogP contribution in [0.5, 0.6) is 0 Å². The number of hydrogen-bond donors (Lipinski definition) is 2. The van der Waals surface area contributed by atoms with Crippen molar-refractivity contribution in [3.63, 3.8) is 0 Å². The van der Waals surface area contributed by atoms with Gasteiger partial charge in [0.15, 0.2) is 0 Å². The third kappa shape index (κ3) is 1.94. The summed E-state index contributed by atoms with van der Waals surface area (Å²) in [6.07, 6.45) is 3.61.